The smallest absolute Gasteiger partial charge is 0.129 e. The minimum atomic E-state index is -0.326. The number of nitrogens with one attached hydrogen (secondary N) is 2. The van der Waals surface area contributed by atoms with Crippen molar-refractivity contribution in [2.75, 3.05) is 25.1 Å². The molecule has 0 saturated carbocycles. The molecule has 3 rings (SSSR count). The summed E-state index contributed by atoms with van der Waals surface area (Å²) in [4.78, 5) is 8.90. The van der Waals surface area contributed by atoms with Crippen LogP contribution in [0, 0.1) is 30.1 Å². The van der Waals surface area contributed by atoms with E-state index in [4.69, 9.17) is 15.1 Å². The highest BCUT2D eigenvalue weighted by atomic mass is 32.1. The molecule has 2 atom stereocenters. The van der Waals surface area contributed by atoms with E-state index in [0.29, 0.717) is 18.7 Å². The van der Waals surface area contributed by atoms with Gasteiger partial charge in [-0.05, 0) is 43.7 Å². The number of fused-ring (bicyclic) bond motifs is 1. The molecule has 2 N–H and O–H groups in total. The van der Waals surface area contributed by atoms with E-state index < -0.39 is 0 Å². The van der Waals surface area contributed by atoms with Gasteiger partial charge < -0.3 is 20.4 Å². The van der Waals surface area contributed by atoms with Crippen molar-refractivity contribution in [3.05, 3.63) is 63.9 Å². The molecule has 210 valence electrons. The van der Waals surface area contributed by atoms with Gasteiger partial charge in [-0.1, -0.05) is 52.5 Å². The third-order valence-electron chi connectivity index (χ3n) is 7.21. The fraction of sp³-hybridized carbons (Fsp3) is 0.484. The van der Waals surface area contributed by atoms with Gasteiger partial charge in [-0.3, -0.25) is 4.99 Å². The molecule has 0 spiro atoms. The van der Waals surface area contributed by atoms with Gasteiger partial charge >= 0.3 is 0 Å². The summed E-state index contributed by atoms with van der Waals surface area (Å²) in [6, 6.07) is -0.0732. The molecule has 0 radical (unpaired) electrons. The second kappa shape index (κ2) is 12.3. The number of nitrogens with zero attached hydrogens (tertiary/aromatic N) is 4. The van der Waals surface area contributed by atoms with E-state index in [-0.39, 0.29) is 16.9 Å². The lowest BCUT2D eigenvalue weighted by molar-refractivity contribution is 0.273. The number of aliphatic imine (C=N–C) groups is 1. The van der Waals surface area contributed by atoms with Crippen LogP contribution in [0.3, 0.4) is 0 Å². The van der Waals surface area contributed by atoms with Crippen LogP contribution in [0.15, 0.2) is 63.1 Å². The van der Waals surface area contributed by atoms with Gasteiger partial charge in [0.1, 0.15) is 10.8 Å². The Hall–Kier alpha value is -3.26. The third kappa shape index (κ3) is 7.04. The van der Waals surface area contributed by atoms with Gasteiger partial charge in [-0.2, -0.15) is 5.10 Å². The SMILES string of the molecule is C=N/N=C(/C)N1CC(CC(=C)OC)N=C(C2(C)C=CC(/C(C=N)=C/NCC(C)(C)C)=CC2)c2c1sc(C)c2C. The first kappa shape index (κ1) is 30.3. The Labute approximate surface area is 238 Å². The summed E-state index contributed by atoms with van der Waals surface area (Å²) in [5.74, 6) is 1.49. The highest BCUT2D eigenvalue weighted by molar-refractivity contribution is 7.17. The van der Waals surface area contributed by atoms with Crippen molar-refractivity contribution in [3.63, 3.8) is 0 Å². The Kier molecular flexibility index (Phi) is 9.54. The summed E-state index contributed by atoms with van der Waals surface area (Å²) in [7, 11) is 1.66. The van der Waals surface area contributed by atoms with Gasteiger partial charge in [0, 0.05) is 60.1 Å². The van der Waals surface area contributed by atoms with E-state index >= 15 is 0 Å². The lowest BCUT2D eigenvalue weighted by Gasteiger charge is -2.31. The number of hydrogen-bond donors (Lipinski definition) is 2. The van der Waals surface area contributed by atoms with Crippen LogP contribution in [0.25, 0.3) is 0 Å². The van der Waals surface area contributed by atoms with Gasteiger partial charge in [-0.25, -0.2) is 0 Å². The molecule has 0 bridgehead atoms. The molecule has 0 amide bonds. The zero-order valence-corrected chi connectivity index (χ0v) is 25.6. The molecule has 2 unspecified atom stereocenters. The molecular formula is C31H44N6OS. The predicted molar refractivity (Wildman–Crippen MR) is 169 cm³/mol. The van der Waals surface area contributed by atoms with E-state index in [2.05, 4.69) is 93.5 Å². The number of rotatable bonds is 9. The maximum Gasteiger partial charge on any atom is 0.129 e. The number of hydrogen-bond acceptors (Lipinski definition) is 7. The molecule has 0 fully saturated rings. The maximum atomic E-state index is 8.01. The van der Waals surface area contributed by atoms with Crippen molar-refractivity contribution in [1.29, 1.82) is 5.41 Å². The second-order valence-electron chi connectivity index (χ2n) is 11.7. The zero-order chi connectivity index (χ0) is 29.0. The molecule has 1 aromatic heterocycles. The van der Waals surface area contributed by atoms with Gasteiger partial charge in [0.15, 0.2) is 0 Å². The van der Waals surface area contributed by atoms with Crippen LogP contribution in [0.2, 0.25) is 0 Å². The molecule has 1 aromatic rings. The number of aryl methyl sites for hydroxylation is 1. The number of amidine groups is 1. The van der Waals surface area contributed by atoms with Gasteiger partial charge in [0.05, 0.1) is 24.6 Å². The molecule has 2 aliphatic rings. The summed E-state index contributed by atoms with van der Waals surface area (Å²) in [6.45, 7) is 24.3. The minimum absolute atomic E-state index is 0.0732. The average Bonchev–Trinajstić information content (AvgIpc) is 3.06. The van der Waals surface area contributed by atoms with E-state index in [1.165, 1.54) is 22.2 Å². The number of allylic oxidation sites excluding steroid dienone is 5. The first-order chi connectivity index (χ1) is 18.3. The normalized spacial score (nSPS) is 21.9. The van der Waals surface area contributed by atoms with Gasteiger partial charge in [0.25, 0.3) is 0 Å². The Morgan fingerprint density at radius 1 is 1.38 bits per heavy atom. The number of thiophene rings is 1. The number of ether oxygens (including phenoxy) is 1. The summed E-state index contributed by atoms with van der Waals surface area (Å²) in [6.07, 6.45) is 11.4. The zero-order valence-electron chi connectivity index (χ0n) is 24.8. The summed E-state index contributed by atoms with van der Waals surface area (Å²) in [5, 5.41) is 20.6. The average molecular weight is 549 g/mol. The predicted octanol–water partition coefficient (Wildman–Crippen LogP) is 6.99. The van der Waals surface area contributed by atoms with Crippen LogP contribution in [-0.4, -0.2) is 50.7 Å². The number of methoxy groups -OCH3 is 1. The monoisotopic (exact) mass is 548 g/mol. The molecule has 8 heteroatoms. The molecule has 1 aliphatic heterocycles. The quantitative estimate of drug-likeness (QED) is 0.151. The van der Waals surface area contributed by atoms with Crippen molar-refractivity contribution in [2.24, 2.45) is 26.0 Å². The lowest BCUT2D eigenvalue weighted by atomic mass is 9.74. The van der Waals surface area contributed by atoms with Crippen molar-refractivity contribution in [2.45, 2.75) is 67.3 Å². The van der Waals surface area contributed by atoms with Crippen LogP contribution >= 0.6 is 11.3 Å². The highest BCUT2D eigenvalue weighted by Gasteiger charge is 2.38. The fourth-order valence-electron chi connectivity index (χ4n) is 4.78. The lowest BCUT2D eigenvalue weighted by Crippen LogP contribution is -2.34. The Morgan fingerprint density at radius 3 is 2.67 bits per heavy atom. The van der Waals surface area contributed by atoms with Gasteiger partial charge in [-0.15, -0.1) is 16.4 Å². The van der Waals surface area contributed by atoms with E-state index in [1.807, 2.05) is 13.1 Å². The molecule has 7 nitrogen and oxygen atoms in total. The largest absolute Gasteiger partial charge is 0.502 e. The highest BCUT2D eigenvalue weighted by Crippen LogP contribution is 2.45. The fourth-order valence-corrected chi connectivity index (χ4v) is 6.00. The van der Waals surface area contributed by atoms with Crippen molar-refractivity contribution in [1.82, 2.24) is 5.32 Å². The van der Waals surface area contributed by atoms with Crippen molar-refractivity contribution >= 4 is 40.8 Å². The molecule has 1 aliphatic carbocycles. The molecule has 2 heterocycles. The second-order valence-corrected chi connectivity index (χ2v) is 12.9. The van der Waals surface area contributed by atoms with Crippen LogP contribution in [0.5, 0.6) is 0 Å². The first-order valence-electron chi connectivity index (χ1n) is 13.4. The molecule has 0 saturated heterocycles. The number of anilines is 1. The summed E-state index contributed by atoms with van der Waals surface area (Å²) < 4.78 is 5.45. The van der Waals surface area contributed by atoms with Crippen LogP contribution in [0.1, 0.15) is 63.5 Å². The van der Waals surface area contributed by atoms with Crippen molar-refractivity contribution < 1.29 is 4.74 Å². The van der Waals surface area contributed by atoms with Crippen LogP contribution in [-0.2, 0) is 4.74 Å². The van der Waals surface area contributed by atoms with Crippen LogP contribution < -0.4 is 10.2 Å². The van der Waals surface area contributed by atoms with Crippen molar-refractivity contribution in [3.8, 4) is 0 Å². The summed E-state index contributed by atoms with van der Waals surface area (Å²) in [5.41, 5.74) is 5.21. The molecule has 0 aromatic carbocycles. The van der Waals surface area contributed by atoms with E-state index in [0.717, 1.165) is 40.7 Å². The third-order valence-corrected chi connectivity index (χ3v) is 8.44. The minimum Gasteiger partial charge on any atom is -0.502 e. The van der Waals surface area contributed by atoms with Gasteiger partial charge in [0.2, 0.25) is 0 Å². The maximum absolute atomic E-state index is 8.01. The Morgan fingerprint density at radius 2 is 2.10 bits per heavy atom. The van der Waals surface area contributed by atoms with E-state index in [9.17, 15) is 0 Å². The summed E-state index contributed by atoms with van der Waals surface area (Å²) >= 11 is 1.77. The first-order valence-corrected chi connectivity index (χ1v) is 14.2. The Bertz CT molecular complexity index is 1270. The topological polar surface area (TPSA) is 85.4 Å². The molecule has 39 heavy (non-hydrogen) atoms. The van der Waals surface area contributed by atoms with E-state index in [1.54, 1.807) is 18.4 Å². The van der Waals surface area contributed by atoms with Crippen LogP contribution in [0.4, 0.5) is 5.00 Å². The Balaban J connectivity index is 2.07. The standard InChI is InChI=1S/C31H44N6OS/c1-20(38-10)15-26-18-37(23(4)36-33-9)29-27(21(2)22(3)39-29)28(35-26)31(8)13-11-24(12-14-31)25(16-32)17-34-19-30(5,6)7/h11-13,16-17,26,32,34H,1,9,14-15,18-19H2,2-8,10H3/b25-17+,32-16?,36-23-. The molecular weight excluding hydrogens is 504 g/mol.